The molecule has 0 aliphatic rings. The van der Waals surface area contributed by atoms with Crippen LogP contribution in [0, 0.1) is 0 Å². The Morgan fingerprint density at radius 1 is 0.905 bits per heavy atom. The highest BCUT2D eigenvalue weighted by molar-refractivity contribution is 5.75. The Balaban J connectivity index is 1.77. The molecule has 1 N–H and O–H groups in total. The average molecular weight is 280 g/mol. The fourth-order valence-electron chi connectivity index (χ4n) is 2.75. The molecule has 0 amide bonds. The summed E-state index contributed by atoms with van der Waals surface area (Å²) in [5, 5.41) is 9.22. The summed E-state index contributed by atoms with van der Waals surface area (Å²) in [6.45, 7) is 1.08. The number of para-hydroxylation sites is 2. The first-order chi connectivity index (χ1) is 10.4. The van der Waals surface area contributed by atoms with Gasteiger partial charge in [-0.1, -0.05) is 42.5 Å². The van der Waals surface area contributed by atoms with Gasteiger partial charge < -0.3 is 9.67 Å². The molecule has 21 heavy (non-hydrogen) atoms. The largest absolute Gasteiger partial charge is 0.396 e. The van der Waals surface area contributed by atoms with Crippen LogP contribution in [0.3, 0.4) is 0 Å². The molecule has 3 nitrogen and oxygen atoms in total. The lowest BCUT2D eigenvalue weighted by Crippen LogP contribution is -2.06. The molecule has 3 aromatic rings. The molecule has 0 bridgehead atoms. The normalized spacial score (nSPS) is 11.1. The van der Waals surface area contributed by atoms with Gasteiger partial charge in [0.05, 0.1) is 17.6 Å². The Morgan fingerprint density at radius 3 is 2.48 bits per heavy atom. The fourth-order valence-corrected chi connectivity index (χ4v) is 2.75. The number of aromatic nitrogens is 2. The molecule has 0 aliphatic heterocycles. The van der Waals surface area contributed by atoms with Gasteiger partial charge in [-0.2, -0.15) is 0 Å². The molecule has 0 fully saturated rings. The van der Waals surface area contributed by atoms with E-state index in [-0.39, 0.29) is 6.61 Å². The van der Waals surface area contributed by atoms with Gasteiger partial charge in [0, 0.05) is 13.0 Å². The van der Waals surface area contributed by atoms with Crippen LogP contribution in [-0.2, 0) is 19.4 Å². The molecular formula is C18H20N2O. The number of rotatable bonds is 6. The lowest BCUT2D eigenvalue weighted by molar-refractivity contribution is 0.294. The summed E-state index contributed by atoms with van der Waals surface area (Å²) in [5.41, 5.74) is 3.54. The first kappa shape index (κ1) is 13.8. The third-order valence-electron chi connectivity index (χ3n) is 3.76. The van der Waals surface area contributed by atoms with Crippen molar-refractivity contribution in [3.05, 3.63) is 66.0 Å². The van der Waals surface area contributed by atoms with E-state index in [4.69, 9.17) is 0 Å². The Hall–Kier alpha value is -2.13. The smallest absolute Gasteiger partial charge is 0.112 e. The molecule has 1 aromatic heterocycles. The van der Waals surface area contributed by atoms with Crippen molar-refractivity contribution in [2.24, 2.45) is 0 Å². The van der Waals surface area contributed by atoms with Crippen molar-refractivity contribution >= 4 is 11.0 Å². The second kappa shape index (κ2) is 6.55. The predicted molar refractivity (Wildman–Crippen MR) is 85.3 cm³/mol. The van der Waals surface area contributed by atoms with Gasteiger partial charge in [-0.15, -0.1) is 0 Å². The van der Waals surface area contributed by atoms with Crippen LogP contribution in [0.1, 0.15) is 17.8 Å². The summed E-state index contributed by atoms with van der Waals surface area (Å²) in [4.78, 5) is 4.63. The van der Waals surface area contributed by atoms with Crippen molar-refractivity contribution in [1.29, 1.82) is 0 Å². The van der Waals surface area contributed by atoms with Crippen molar-refractivity contribution in [1.82, 2.24) is 9.55 Å². The zero-order valence-electron chi connectivity index (χ0n) is 12.1. The molecule has 2 aromatic carbocycles. The van der Waals surface area contributed by atoms with E-state index in [1.54, 1.807) is 0 Å². The van der Waals surface area contributed by atoms with Crippen LogP contribution in [0.4, 0.5) is 0 Å². The number of fused-ring (bicyclic) bond motifs is 1. The predicted octanol–water partition coefficient (Wildman–Crippen LogP) is 3.20. The summed E-state index contributed by atoms with van der Waals surface area (Å²) in [6.07, 6.45) is 2.74. The van der Waals surface area contributed by atoms with Crippen LogP contribution in [-0.4, -0.2) is 21.3 Å². The summed E-state index contributed by atoms with van der Waals surface area (Å²) >= 11 is 0. The Labute approximate surface area is 124 Å². The van der Waals surface area contributed by atoms with Gasteiger partial charge in [0.15, 0.2) is 0 Å². The molecule has 0 saturated heterocycles. The van der Waals surface area contributed by atoms with Crippen molar-refractivity contribution < 1.29 is 5.11 Å². The maximum absolute atomic E-state index is 9.22. The van der Waals surface area contributed by atoms with Crippen molar-refractivity contribution in [3.63, 3.8) is 0 Å². The first-order valence-corrected chi connectivity index (χ1v) is 7.47. The van der Waals surface area contributed by atoms with E-state index in [0.29, 0.717) is 6.42 Å². The molecule has 108 valence electrons. The average Bonchev–Trinajstić information content (AvgIpc) is 2.87. The number of hydrogen-bond acceptors (Lipinski definition) is 2. The molecule has 0 unspecified atom stereocenters. The van der Waals surface area contributed by atoms with Gasteiger partial charge in [0.25, 0.3) is 0 Å². The van der Waals surface area contributed by atoms with Gasteiger partial charge in [-0.05, 0) is 30.5 Å². The monoisotopic (exact) mass is 280 g/mol. The maximum Gasteiger partial charge on any atom is 0.112 e. The lowest BCUT2D eigenvalue weighted by Gasteiger charge is -2.08. The van der Waals surface area contributed by atoms with E-state index in [1.807, 2.05) is 24.3 Å². The van der Waals surface area contributed by atoms with E-state index in [0.717, 1.165) is 36.2 Å². The van der Waals surface area contributed by atoms with Crippen molar-refractivity contribution in [2.45, 2.75) is 25.8 Å². The highest BCUT2D eigenvalue weighted by Crippen LogP contribution is 2.17. The van der Waals surface area contributed by atoms with Gasteiger partial charge in [0.2, 0.25) is 0 Å². The Bertz CT molecular complexity index is 704. The van der Waals surface area contributed by atoms with Gasteiger partial charge in [-0.3, -0.25) is 0 Å². The highest BCUT2D eigenvalue weighted by Gasteiger charge is 2.09. The fraction of sp³-hybridized carbons (Fsp3) is 0.278. The van der Waals surface area contributed by atoms with Crippen LogP contribution in [0.25, 0.3) is 11.0 Å². The van der Waals surface area contributed by atoms with Gasteiger partial charge >= 0.3 is 0 Å². The van der Waals surface area contributed by atoms with E-state index >= 15 is 0 Å². The number of aliphatic hydroxyl groups excluding tert-OH is 1. The van der Waals surface area contributed by atoms with Crippen molar-refractivity contribution in [2.75, 3.05) is 6.61 Å². The van der Waals surface area contributed by atoms with Crippen molar-refractivity contribution in [3.8, 4) is 0 Å². The first-order valence-electron chi connectivity index (χ1n) is 7.47. The minimum Gasteiger partial charge on any atom is -0.396 e. The molecule has 0 radical (unpaired) electrons. The Kier molecular flexibility index (Phi) is 4.31. The number of aryl methyl sites for hydroxylation is 2. The third kappa shape index (κ3) is 3.14. The highest BCUT2D eigenvalue weighted by atomic mass is 16.3. The minimum atomic E-state index is 0.141. The maximum atomic E-state index is 9.22. The van der Waals surface area contributed by atoms with E-state index in [2.05, 4.69) is 39.9 Å². The molecule has 0 spiro atoms. The minimum absolute atomic E-state index is 0.141. The molecule has 0 aliphatic carbocycles. The number of nitrogens with zero attached hydrogens (tertiary/aromatic N) is 2. The molecule has 0 saturated carbocycles. The van der Waals surface area contributed by atoms with Gasteiger partial charge in [0.1, 0.15) is 5.82 Å². The van der Waals surface area contributed by atoms with Crippen LogP contribution in [0.5, 0.6) is 0 Å². The summed E-state index contributed by atoms with van der Waals surface area (Å²) in [6, 6.07) is 18.7. The molecule has 3 heteroatoms. The second-order valence-electron chi connectivity index (χ2n) is 5.23. The summed E-state index contributed by atoms with van der Waals surface area (Å²) in [7, 11) is 0. The van der Waals surface area contributed by atoms with E-state index < -0.39 is 0 Å². The third-order valence-corrected chi connectivity index (χ3v) is 3.76. The molecule has 0 atom stereocenters. The second-order valence-corrected chi connectivity index (χ2v) is 5.23. The quantitative estimate of drug-likeness (QED) is 0.753. The van der Waals surface area contributed by atoms with Crippen LogP contribution < -0.4 is 0 Å². The summed E-state index contributed by atoms with van der Waals surface area (Å²) < 4.78 is 2.24. The lowest BCUT2D eigenvalue weighted by atomic mass is 10.1. The zero-order valence-corrected chi connectivity index (χ0v) is 12.1. The number of benzene rings is 2. The van der Waals surface area contributed by atoms with Crippen LogP contribution >= 0.6 is 0 Å². The molecule has 3 rings (SSSR count). The molecular weight excluding hydrogens is 260 g/mol. The van der Waals surface area contributed by atoms with E-state index in [9.17, 15) is 5.11 Å². The number of hydrogen-bond donors (Lipinski definition) is 1. The standard InChI is InChI=1S/C18H20N2O/c21-14-12-18-19-16-10-4-5-11-17(16)20(18)13-6-9-15-7-2-1-3-8-15/h1-5,7-8,10-11,21H,6,9,12-14H2. The van der Waals surface area contributed by atoms with E-state index in [1.165, 1.54) is 5.56 Å². The van der Waals surface area contributed by atoms with Gasteiger partial charge in [-0.25, -0.2) is 4.98 Å². The topological polar surface area (TPSA) is 38.1 Å². The molecule has 1 heterocycles. The SMILES string of the molecule is OCCc1nc2ccccc2n1CCCc1ccccc1. The van der Waals surface area contributed by atoms with Crippen LogP contribution in [0.2, 0.25) is 0 Å². The Morgan fingerprint density at radius 2 is 1.67 bits per heavy atom. The number of aliphatic hydroxyl groups is 1. The van der Waals surface area contributed by atoms with Crippen LogP contribution in [0.15, 0.2) is 54.6 Å². The zero-order chi connectivity index (χ0) is 14.5. The number of imidazole rings is 1. The summed E-state index contributed by atoms with van der Waals surface area (Å²) in [5.74, 6) is 0.978.